The Morgan fingerprint density at radius 3 is 1.57 bits per heavy atom. The van der Waals surface area contributed by atoms with Crippen molar-refractivity contribution in [1.29, 1.82) is 0 Å². The van der Waals surface area contributed by atoms with Crippen molar-refractivity contribution in [2.45, 2.75) is 14.7 Å². The molecule has 0 aliphatic rings. The van der Waals surface area contributed by atoms with Crippen LogP contribution in [0.3, 0.4) is 0 Å². The van der Waals surface area contributed by atoms with E-state index in [1.165, 1.54) is 18.3 Å². The topological polar surface area (TPSA) is 27.7 Å². The Hall–Kier alpha value is -1.02. The number of ether oxygens (including phenoxy) is 3. The van der Waals surface area contributed by atoms with E-state index in [0.29, 0.717) is 26.4 Å². The van der Waals surface area contributed by atoms with Crippen LogP contribution in [0.1, 0.15) is 0 Å². The van der Waals surface area contributed by atoms with Gasteiger partial charge in [0.1, 0.15) is 24.7 Å². The zero-order chi connectivity index (χ0) is 24.5. The van der Waals surface area contributed by atoms with Gasteiger partial charge >= 0.3 is 0 Å². The summed E-state index contributed by atoms with van der Waals surface area (Å²) in [5.41, 5.74) is 0. The normalized spacial score (nSPS) is 11.0. The molecule has 0 N–H and O–H groups in total. The predicted octanol–water partition coefficient (Wildman–Crippen LogP) is 8.07. The molecule has 0 saturated carbocycles. The fraction of sp³-hybridized carbons (Fsp3) is 0.143. The van der Waals surface area contributed by atoms with Gasteiger partial charge in [0.05, 0.1) is 31.2 Å². The molecule has 3 nitrogen and oxygen atoms in total. The van der Waals surface area contributed by atoms with Crippen molar-refractivity contribution in [3.8, 4) is 11.5 Å². The molecule has 0 atom stereocenters. The molecule has 0 heterocycles. The van der Waals surface area contributed by atoms with Crippen molar-refractivity contribution in [3.63, 3.8) is 0 Å². The number of benzene rings is 4. The van der Waals surface area contributed by atoms with E-state index < -0.39 is 0 Å². The third-order valence-corrected chi connectivity index (χ3v) is 9.41. The van der Waals surface area contributed by atoms with Crippen LogP contribution in [0.4, 0.5) is 0 Å². The molecule has 0 radical (unpaired) electrons. The maximum atomic E-state index is 5.91. The summed E-state index contributed by atoms with van der Waals surface area (Å²) in [6.07, 6.45) is 0. The first-order valence-electron chi connectivity index (χ1n) is 11.0. The summed E-state index contributed by atoms with van der Waals surface area (Å²) in [4.78, 5) is 3.87. The minimum atomic E-state index is -0.150. The zero-order valence-corrected chi connectivity index (χ0v) is 26.1. The third-order valence-electron chi connectivity index (χ3n) is 4.95. The summed E-state index contributed by atoms with van der Waals surface area (Å²) in [7, 11) is -0.150. The van der Waals surface area contributed by atoms with Gasteiger partial charge in [-0.2, -0.15) is 0 Å². The van der Waals surface area contributed by atoms with Gasteiger partial charge in [-0.15, -0.1) is 0 Å². The van der Waals surface area contributed by atoms with E-state index in [2.05, 4.69) is 153 Å². The highest BCUT2D eigenvalue weighted by molar-refractivity contribution is 14.1. The van der Waals surface area contributed by atoms with Gasteiger partial charge in [-0.1, -0.05) is 36.4 Å². The molecule has 0 fully saturated rings. The molecule has 0 aliphatic heterocycles. The molecule has 4 aromatic carbocycles. The molecule has 180 valence electrons. The second-order valence-electron chi connectivity index (χ2n) is 7.41. The smallest absolute Gasteiger partial charge is 0.166 e. The maximum absolute atomic E-state index is 5.91. The summed E-state index contributed by atoms with van der Waals surface area (Å²) in [6.45, 7) is 2.06. The molecular weight excluding hydrogens is 797 g/mol. The van der Waals surface area contributed by atoms with Crippen molar-refractivity contribution < 1.29 is 14.2 Å². The maximum Gasteiger partial charge on any atom is 0.166 e. The average Bonchev–Trinajstić information content (AvgIpc) is 2.87. The SMILES string of the molecule is Ic1cc(I)c(OCCOCCOc2ccc([S+](c3ccccc3)c3ccccc3)cc2)c(I)c1. The first-order valence-corrected chi connectivity index (χ1v) is 15.5. The van der Waals surface area contributed by atoms with Gasteiger partial charge in [-0.25, -0.2) is 0 Å². The first-order chi connectivity index (χ1) is 17.1. The molecule has 0 unspecified atom stereocenters. The molecule has 0 aromatic heterocycles. The van der Waals surface area contributed by atoms with Gasteiger partial charge in [0, 0.05) is 3.57 Å². The Balaban J connectivity index is 1.26. The van der Waals surface area contributed by atoms with Crippen LogP contribution >= 0.6 is 67.8 Å². The Morgan fingerprint density at radius 2 is 1.03 bits per heavy atom. The zero-order valence-electron chi connectivity index (χ0n) is 18.8. The van der Waals surface area contributed by atoms with E-state index in [0.717, 1.165) is 18.6 Å². The molecule has 0 saturated heterocycles. The van der Waals surface area contributed by atoms with E-state index >= 15 is 0 Å². The summed E-state index contributed by atoms with van der Waals surface area (Å²) in [5, 5.41) is 0. The van der Waals surface area contributed by atoms with Gasteiger partial charge in [0.15, 0.2) is 14.7 Å². The van der Waals surface area contributed by atoms with Crippen molar-refractivity contribution in [1.82, 2.24) is 0 Å². The Kier molecular flexibility index (Phi) is 10.9. The minimum Gasteiger partial charge on any atom is -0.491 e. The molecule has 4 aromatic rings. The Labute approximate surface area is 250 Å². The largest absolute Gasteiger partial charge is 0.491 e. The summed E-state index contributed by atoms with van der Waals surface area (Å²) in [6, 6.07) is 34.0. The molecule has 7 heteroatoms. The molecule has 4 rings (SSSR count). The van der Waals surface area contributed by atoms with E-state index in [1.54, 1.807) is 0 Å². The number of rotatable bonds is 11. The van der Waals surface area contributed by atoms with Crippen LogP contribution in [0.25, 0.3) is 0 Å². The van der Waals surface area contributed by atoms with Crippen LogP contribution in [-0.2, 0) is 15.6 Å². The Bertz CT molecular complexity index is 1140. The predicted molar refractivity (Wildman–Crippen MR) is 168 cm³/mol. The molecule has 0 amide bonds. The average molecular weight is 821 g/mol. The van der Waals surface area contributed by atoms with Crippen molar-refractivity contribution in [2.75, 3.05) is 26.4 Å². The lowest BCUT2D eigenvalue weighted by Crippen LogP contribution is -2.13. The van der Waals surface area contributed by atoms with Crippen LogP contribution in [0.5, 0.6) is 11.5 Å². The lowest BCUT2D eigenvalue weighted by molar-refractivity contribution is 0.0760. The summed E-state index contributed by atoms with van der Waals surface area (Å²) < 4.78 is 21.0. The van der Waals surface area contributed by atoms with Crippen molar-refractivity contribution in [2.24, 2.45) is 0 Å². The molecule has 35 heavy (non-hydrogen) atoms. The highest BCUT2D eigenvalue weighted by atomic mass is 127. The van der Waals surface area contributed by atoms with Gasteiger partial charge in [0.2, 0.25) is 0 Å². The second-order valence-corrected chi connectivity index (χ2v) is 13.0. The monoisotopic (exact) mass is 821 g/mol. The number of hydrogen-bond acceptors (Lipinski definition) is 3. The quantitative estimate of drug-likeness (QED) is 0.0872. The molecule has 0 spiro atoms. The van der Waals surface area contributed by atoms with Crippen molar-refractivity contribution >= 4 is 78.7 Å². The number of hydrogen-bond donors (Lipinski definition) is 0. The first kappa shape index (κ1) is 27.0. The van der Waals surface area contributed by atoms with E-state index in [1.807, 2.05) is 12.1 Å². The fourth-order valence-corrected chi connectivity index (χ4v) is 9.36. The van der Waals surface area contributed by atoms with E-state index in [4.69, 9.17) is 14.2 Å². The third kappa shape index (κ3) is 7.98. The van der Waals surface area contributed by atoms with Crippen molar-refractivity contribution in [3.05, 3.63) is 108 Å². The highest BCUT2D eigenvalue weighted by Crippen LogP contribution is 2.32. The van der Waals surface area contributed by atoms with Crippen LogP contribution < -0.4 is 9.47 Å². The van der Waals surface area contributed by atoms with Gasteiger partial charge in [-0.05, 0) is 128 Å². The number of halogens is 3. The minimum absolute atomic E-state index is 0.150. The standard InChI is InChI=1S/C28H24I3O3S/c29-21-19-26(30)28(27(31)20-21)34-18-16-32-15-17-33-22-11-13-25(14-12-22)35(23-7-3-1-4-8-23)24-9-5-2-6-10-24/h1-14,19-20H,15-18H2/q+1. The van der Waals surface area contributed by atoms with Crippen LogP contribution in [0, 0.1) is 10.7 Å². The van der Waals surface area contributed by atoms with Crippen LogP contribution in [0.2, 0.25) is 0 Å². The summed E-state index contributed by atoms with van der Waals surface area (Å²) >= 11 is 6.94. The van der Waals surface area contributed by atoms with E-state index in [9.17, 15) is 0 Å². The lowest BCUT2D eigenvalue weighted by atomic mass is 10.3. The molecular formula is C28H24I3O3S+. The molecule has 0 aliphatic carbocycles. The fourth-order valence-electron chi connectivity index (χ4n) is 3.38. The lowest BCUT2D eigenvalue weighted by Gasteiger charge is -2.12. The van der Waals surface area contributed by atoms with Crippen LogP contribution in [0.15, 0.2) is 112 Å². The molecule has 0 bridgehead atoms. The highest BCUT2D eigenvalue weighted by Gasteiger charge is 2.28. The van der Waals surface area contributed by atoms with Gasteiger partial charge < -0.3 is 14.2 Å². The van der Waals surface area contributed by atoms with Gasteiger partial charge in [0.25, 0.3) is 0 Å². The Morgan fingerprint density at radius 1 is 0.543 bits per heavy atom. The second kappa shape index (κ2) is 14.1. The van der Waals surface area contributed by atoms with Crippen LogP contribution in [-0.4, -0.2) is 26.4 Å². The van der Waals surface area contributed by atoms with Gasteiger partial charge in [-0.3, -0.25) is 0 Å². The summed E-state index contributed by atoms with van der Waals surface area (Å²) in [5.74, 6) is 1.78. The van der Waals surface area contributed by atoms with E-state index in [-0.39, 0.29) is 10.9 Å².